The molecular weight excluding hydrogens is 360 g/mol. The van der Waals surface area contributed by atoms with Gasteiger partial charge in [-0.2, -0.15) is 0 Å². The molecule has 0 bridgehead atoms. The Balaban J connectivity index is 1.94. The molecule has 0 saturated carbocycles. The van der Waals surface area contributed by atoms with Gasteiger partial charge in [0.15, 0.2) is 11.5 Å². The van der Waals surface area contributed by atoms with Crippen molar-refractivity contribution in [1.82, 2.24) is 9.97 Å². The number of aromatic nitrogens is 2. The lowest BCUT2D eigenvalue weighted by atomic mass is 10.2. The maximum Gasteiger partial charge on any atom is 0.276 e. The summed E-state index contributed by atoms with van der Waals surface area (Å²) in [6, 6.07) is 9.78. The van der Waals surface area contributed by atoms with E-state index < -0.39 is 11.3 Å². The normalized spacial score (nSPS) is 11.8. The van der Waals surface area contributed by atoms with Gasteiger partial charge in [-0.15, -0.1) is 0 Å². The van der Waals surface area contributed by atoms with Gasteiger partial charge in [-0.25, -0.2) is 24.4 Å². The van der Waals surface area contributed by atoms with Crippen LogP contribution in [0, 0.1) is 0 Å². The highest BCUT2D eigenvalue weighted by Crippen LogP contribution is 2.35. The van der Waals surface area contributed by atoms with Crippen molar-refractivity contribution in [2.75, 3.05) is 18.6 Å². The SMILES string of the molecule is COc1cc2ncnc(Oc3ccc(N(N)S(=O)O)cc3)c2cc1OC. The molecule has 9 nitrogen and oxygen atoms in total. The van der Waals surface area contributed by atoms with Crippen molar-refractivity contribution in [3.63, 3.8) is 0 Å². The molecule has 26 heavy (non-hydrogen) atoms. The number of methoxy groups -OCH3 is 2. The van der Waals surface area contributed by atoms with Crippen LogP contribution in [0.5, 0.6) is 23.1 Å². The summed E-state index contributed by atoms with van der Waals surface area (Å²) in [5.41, 5.74) is 0.991. The standard InChI is InChI=1S/C16H16N4O5S/c1-23-14-7-12-13(8-15(14)24-2)18-9-19-16(12)25-11-5-3-10(4-6-11)20(17)26(21)22/h3-9H,17H2,1-2H3,(H,21,22). The van der Waals surface area contributed by atoms with Crippen molar-refractivity contribution in [2.45, 2.75) is 0 Å². The van der Waals surface area contributed by atoms with Crippen LogP contribution in [0.25, 0.3) is 10.9 Å². The summed E-state index contributed by atoms with van der Waals surface area (Å²) in [6.07, 6.45) is 1.38. The zero-order valence-corrected chi connectivity index (χ0v) is 14.8. The molecule has 0 radical (unpaired) electrons. The van der Waals surface area contributed by atoms with Gasteiger partial charge in [0.05, 0.1) is 30.8 Å². The van der Waals surface area contributed by atoms with E-state index >= 15 is 0 Å². The van der Waals surface area contributed by atoms with Crippen LogP contribution in [0.3, 0.4) is 0 Å². The number of rotatable bonds is 6. The Kier molecular flexibility index (Phi) is 5.16. The van der Waals surface area contributed by atoms with Crippen molar-refractivity contribution in [3.05, 3.63) is 42.7 Å². The first-order valence-corrected chi connectivity index (χ1v) is 8.40. The van der Waals surface area contributed by atoms with Crippen molar-refractivity contribution in [1.29, 1.82) is 0 Å². The number of anilines is 1. The van der Waals surface area contributed by atoms with Crippen LogP contribution in [-0.4, -0.2) is 32.9 Å². The second-order valence-electron chi connectivity index (χ2n) is 5.06. The fraction of sp³-hybridized carbons (Fsp3) is 0.125. The molecule has 0 aliphatic carbocycles. The third-order valence-electron chi connectivity index (χ3n) is 3.58. The molecule has 1 heterocycles. The van der Waals surface area contributed by atoms with Crippen LogP contribution in [0.1, 0.15) is 0 Å². The van der Waals surface area contributed by atoms with E-state index in [1.807, 2.05) is 0 Å². The number of nitrogens with two attached hydrogens (primary N) is 1. The van der Waals surface area contributed by atoms with Gasteiger partial charge in [0, 0.05) is 6.07 Å². The first kappa shape index (κ1) is 17.9. The minimum Gasteiger partial charge on any atom is -0.493 e. The van der Waals surface area contributed by atoms with Gasteiger partial charge >= 0.3 is 0 Å². The molecule has 0 aliphatic rings. The molecule has 0 fully saturated rings. The van der Waals surface area contributed by atoms with E-state index in [-0.39, 0.29) is 0 Å². The van der Waals surface area contributed by atoms with Gasteiger partial charge in [0.25, 0.3) is 11.3 Å². The topological polar surface area (TPSA) is 120 Å². The van der Waals surface area contributed by atoms with E-state index in [2.05, 4.69) is 9.97 Å². The number of benzene rings is 2. The number of ether oxygens (including phenoxy) is 3. The maximum absolute atomic E-state index is 11.0. The third-order valence-corrected chi connectivity index (χ3v) is 4.13. The first-order chi connectivity index (χ1) is 12.5. The molecule has 3 rings (SSSR count). The molecule has 0 amide bonds. The smallest absolute Gasteiger partial charge is 0.276 e. The number of hydrazine groups is 1. The summed E-state index contributed by atoms with van der Waals surface area (Å²) >= 11 is -2.31. The van der Waals surface area contributed by atoms with Crippen LogP contribution < -0.4 is 24.5 Å². The second-order valence-corrected chi connectivity index (χ2v) is 5.91. The summed E-state index contributed by atoms with van der Waals surface area (Å²) in [5.74, 6) is 7.35. The fourth-order valence-electron chi connectivity index (χ4n) is 2.30. The zero-order valence-electron chi connectivity index (χ0n) is 13.9. The van der Waals surface area contributed by atoms with Gasteiger partial charge in [-0.3, -0.25) is 4.55 Å². The highest BCUT2D eigenvalue weighted by atomic mass is 32.2. The fourth-order valence-corrected chi connectivity index (χ4v) is 2.61. The molecule has 1 unspecified atom stereocenters. The highest BCUT2D eigenvalue weighted by Gasteiger charge is 2.13. The summed E-state index contributed by atoms with van der Waals surface area (Å²) in [4.78, 5) is 8.38. The lowest BCUT2D eigenvalue weighted by Gasteiger charge is -2.14. The van der Waals surface area contributed by atoms with Crippen LogP contribution >= 0.6 is 0 Å². The number of fused-ring (bicyclic) bond motifs is 1. The molecule has 1 atom stereocenters. The minimum atomic E-state index is -2.31. The van der Waals surface area contributed by atoms with Crippen molar-refractivity contribution < 1.29 is 23.0 Å². The number of hydrogen-bond donors (Lipinski definition) is 2. The lowest BCUT2D eigenvalue weighted by Crippen LogP contribution is -2.32. The molecular formula is C16H16N4O5S. The van der Waals surface area contributed by atoms with E-state index in [9.17, 15) is 4.21 Å². The summed E-state index contributed by atoms with van der Waals surface area (Å²) in [7, 11) is 3.08. The van der Waals surface area contributed by atoms with Crippen molar-refractivity contribution in [2.24, 2.45) is 5.84 Å². The Morgan fingerprint density at radius 1 is 1.08 bits per heavy atom. The van der Waals surface area contributed by atoms with Crippen LogP contribution in [0.2, 0.25) is 0 Å². The third kappa shape index (κ3) is 3.52. The maximum atomic E-state index is 11.0. The molecule has 0 saturated heterocycles. The Morgan fingerprint density at radius 3 is 2.35 bits per heavy atom. The van der Waals surface area contributed by atoms with Gasteiger partial charge in [-0.1, -0.05) is 0 Å². The summed E-state index contributed by atoms with van der Waals surface area (Å²) in [5, 5.41) is 0.645. The lowest BCUT2D eigenvalue weighted by molar-refractivity contribution is 0.355. The Hall–Kier alpha value is -2.95. The molecule has 136 valence electrons. The van der Waals surface area contributed by atoms with Crippen LogP contribution in [-0.2, 0) is 11.3 Å². The average molecular weight is 376 g/mol. The molecule has 3 N–H and O–H groups in total. The summed E-state index contributed by atoms with van der Waals surface area (Å²) < 4.78 is 37.1. The van der Waals surface area contributed by atoms with E-state index in [1.54, 1.807) is 43.5 Å². The zero-order chi connectivity index (χ0) is 18.7. The second kappa shape index (κ2) is 7.52. The van der Waals surface area contributed by atoms with Crippen LogP contribution in [0.15, 0.2) is 42.7 Å². The molecule has 0 spiro atoms. The molecule has 0 aliphatic heterocycles. The molecule has 1 aromatic heterocycles. The minimum absolute atomic E-state index is 0.332. The van der Waals surface area contributed by atoms with Gasteiger partial charge in [-0.05, 0) is 30.3 Å². The Morgan fingerprint density at radius 2 is 1.73 bits per heavy atom. The number of hydrogen-bond acceptors (Lipinski definition) is 7. The quantitative estimate of drug-likeness (QED) is 0.382. The van der Waals surface area contributed by atoms with E-state index in [4.69, 9.17) is 24.6 Å². The largest absolute Gasteiger partial charge is 0.493 e. The van der Waals surface area contributed by atoms with Gasteiger partial charge in [0.1, 0.15) is 12.1 Å². The molecule has 10 heteroatoms. The monoisotopic (exact) mass is 376 g/mol. The average Bonchev–Trinajstić information content (AvgIpc) is 2.67. The van der Waals surface area contributed by atoms with Gasteiger partial charge < -0.3 is 14.2 Å². The van der Waals surface area contributed by atoms with Crippen molar-refractivity contribution >= 4 is 27.9 Å². The Bertz CT molecular complexity index is 951. The van der Waals surface area contributed by atoms with E-state index in [1.165, 1.54) is 13.4 Å². The van der Waals surface area contributed by atoms with Gasteiger partial charge in [0.2, 0.25) is 5.88 Å². The Labute approximate surface area is 151 Å². The van der Waals surface area contributed by atoms with Crippen LogP contribution in [0.4, 0.5) is 5.69 Å². The first-order valence-electron chi connectivity index (χ1n) is 7.34. The predicted octanol–water partition coefficient (Wildman–Crippen LogP) is 2.26. The highest BCUT2D eigenvalue weighted by molar-refractivity contribution is 7.80. The molecule has 2 aromatic carbocycles. The summed E-state index contributed by atoms with van der Waals surface area (Å²) in [6.45, 7) is 0. The number of nitrogens with zero attached hydrogens (tertiary/aromatic N) is 3. The molecule has 3 aromatic rings. The van der Waals surface area contributed by atoms with Crippen molar-refractivity contribution in [3.8, 4) is 23.1 Å². The van der Waals surface area contributed by atoms with E-state index in [0.29, 0.717) is 39.7 Å². The predicted molar refractivity (Wildman–Crippen MR) is 96.6 cm³/mol. The van der Waals surface area contributed by atoms with E-state index in [0.717, 1.165) is 4.41 Å².